The second-order valence-electron chi connectivity index (χ2n) is 6.33. The van der Waals surface area contributed by atoms with Gasteiger partial charge in [-0.25, -0.2) is 4.98 Å². The number of ether oxygens (including phenoxy) is 1. The fraction of sp³-hybridized carbons (Fsp3) is 0.0952. The lowest BCUT2D eigenvalue weighted by Gasteiger charge is -2.13. The Bertz CT molecular complexity index is 1320. The summed E-state index contributed by atoms with van der Waals surface area (Å²) in [5, 5.41) is 6.05. The fourth-order valence-corrected chi connectivity index (χ4v) is 4.77. The molecule has 1 amide bonds. The normalized spacial score (nSPS) is 10.9. The Hall–Kier alpha value is -2.52. The Morgan fingerprint density at radius 2 is 1.90 bits per heavy atom. The van der Waals surface area contributed by atoms with Gasteiger partial charge < -0.3 is 10.1 Å². The summed E-state index contributed by atoms with van der Waals surface area (Å²) < 4.78 is 7.30. The molecule has 0 spiro atoms. The predicted octanol–water partition coefficient (Wildman–Crippen LogP) is 5.49. The number of amides is 1. The Labute approximate surface area is 195 Å². The maximum Gasteiger partial charge on any atom is 0.276 e. The number of halogens is 2. The van der Waals surface area contributed by atoms with Crippen molar-refractivity contribution in [1.82, 2.24) is 9.55 Å². The van der Waals surface area contributed by atoms with Gasteiger partial charge in [-0.15, -0.1) is 11.3 Å². The number of hydrogen-bond donors (Lipinski definition) is 1. The van der Waals surface area contributed by atoms with Gasteiger partial charge in [0, 0.05) is 10.0 Å². The summed E-state index contributed by atoms with van der Waals surface area (Å²) in [6.07, 6.45) is 0. The molecule has 158 valence electrons. The molecule has 0 radical (unpaired) electrons. The van der Waals surface area contributed by atoms with Gasteiger partial charge in [-0.05, 0) is 53.9 Å². The number of thioether (sulfide) groups is 1. The minimum absolute atomic E-state index is 0.0331. The quantitative estimate of drug-likeness (QED) is 0.285. The van der Waals surface area contributed by atoms with Crippen LogP contribution in [0.25, 0.3) is 15.9 Å². The lowest BCUT2D eigenvalue weighted by Crippen LogP contribution is -2.22. The van der Waals surface area contributed by atoms with Crippen LogP contribution in [0.15, 0.2) is 63.9 Å². The van der Waals surface area contributed by atoms with Crippen molar-refractivity contribution < 1.29 is 9.53 Å². The van der Waals surface area contributed by atoms with E-state index in [1.165, 1.54) is 23.0 Å². The predicted molar refractivity (Wildman–Crippen MR) is 128 cm³/mol. The molecule has 0 fully saturated rings. The van der Waals surface area contributed by atoms with Crippen LogP contribution >= 0.6 is 46.3 Å². The van der Waals surface area contributed by atoms with Gasteiger partial charge in [-0.3, -0.25) is 14.2 Å². The second-order valence-corrected chi connectivity index (χ2v) is 9.06. The van der Waals surface area contributed by atoms with Crippen LogP contribution in [-0.2, 0) is 4.79 Å². The van der Waals surface area contributed by atoms with Crippen molar-refractivity contribution in [3.63, 3.8) is 0 Å². The summed E-state index contributed by atoms with van der Waals surface area (Å²) in [5.74, 6) is 0.247. The number of nitrogens with zero attached hydrogens (tertiary/aromatic N) is 2. The highest BCUT2D eigenvalue weighted by atomic mass is 35.5. The summed E-state index contributed by atoms with van der Waals surface area (Å²) in [5.41, 5.74) is 1.50. The highest BCUT2D eigenvalue weighted by Gasteiger charge is 2.16. The Balaban J connectivity index is 1.63. The number of thiophene rings is 1. The Kier molecular flexibility index (Phi) is 6.52. The first-order valence-electron chi connectivity index (χ1n) is 8.98. The minimum Gasteiger partial charge on any atom is -0.495 e. The van der Waals surface area contributed by atoms with Crippen LogP contribution in [0.5, 0.6) is 5.75 Å². The molecule has 0 aliphatic heterocycles. The number of aromatic nitrogens is 2. The average molecular weight is 492 g/mol. The standard InChI is InChI=1S/C21H15Cl2N3O3S2/c1-29-17-7-4-13(23)10-16(17)24-18(27)11-31-21-25-15-8-9-30-19(15)20(28)26(21)14-5-2-12(22)3-6-14/h2-10H,11H2,1H3,(H,24,27). The molecule has 0 unspecified atom stereocenters. The van der Waals surface area contributed by atoms with Gasteiger partial charge in [0.1, 0.15) is 10.4 Å². The summed E-state index contributed by atoms with van der Waals surface area (Å²) in [6.45, 7) is 0. The van der Waals surface area contributed by atoms with E-state index in [4.69, 9.17) is 27.9 Å². The number of rotatable bonds is 6. The number of carbonyl (C=O) groups is 1. The van der Waals surface area contributed by atoms with E-state index in [9.17, 15) is 9.59 Å². The molecule has 0 atom stereocenters. The van der Waals surface area contributed by atoms with E-state index in [1.807, 2.05) is 5.38 Å². The number of benzene rings is 2. The molecule has 4 aromatic rings. The lowest BCUT2D eigenvalue weighted by molar-refractivity contribution is -0.113. The van der Waals surface area contributed by atoms with Crippen molar-refractivity contribution in [2.75, 3.05) is 18.2 Å². The number of fused-ring (bicyclic) bond motifs is 1. The van der Waals surface area contributed by atoms with Crippen LogP contribution in [0.3, 0.4) is 0 Å². The van der Waals surface area contributed by atoms with Crippen molar-refractivity contribution in [2.24, 2.45) is 0 Å². The van der Waals surface area contributed by atoms with Gasteiger partial charge in [0.15, 0.2) is 5.16 Å². The van der Waals surface area contributed by atoms with E-state index in [0.717, 1.165) is 11.8 Å². The summed E-state index contributed by atoms with van der Waals surface area (Å²) in [4.78, 5) is 30.3. The maximum absolute atomic E-state index is 13.1. The van der Waals surface area contributed by atoms with Crippen LogP contribution < -0.4 is 15.6 Å². The first-order valence-corrected chi connectivity index (χ1v) is 11.6. The topological polar surface area (TPSA) is 73.2 Å². The molecule has 4 rings (SSSR count). The lowest BCUT2D eigenvalue weighted by atomic mass is 10.3. The highest BCUT2D eigenvalue weighted by molar-refractivity contribution is 7.99. The third-order valence-corrected chi connectivity index (χ3v) is 6.62. The molecular formula is C21H15Cl2N3O3S2. The minimum atomic E-state index is -0.284. The van der Waals surface area contributed by atoms with Crippen molar-refractivity contribution in [1.29, 1.82) is 0 Å². The van der Waals surface area contributed by atoms with Crippen LogP contribution in [0.1, 0.15) is 0 Å². The van der Waals surface area contributed by atoms with E-state index >= 15 is 0 Å². The van der Waals surface area contributed by atoms with E-state index < -0.39 is 0 Å². The average Bonchev–Trinajstić information content (AvgIpc) is 3.22. The fourth-order valence-electron chi connectivity index (χ4n) is 2.90. The molecule has 2 aromatic heterocycles. The molecule has 31 heavy (non-hydrogen) atoms. The third kappa shape index (κ3) is 4.72. The van der Waals surface area contributed by atoms with Gasteiger partial charge >= 0.3 is 0 Å². The van der Waals surface area contributed by atoms with Crippen molar-refractivity contribution in [3.05, 3.63) is 74.3 Å². The zero-order valence-corrected chi connectivity index (χ0v) is 19.2. The van der Waals surface area contributed by atoms with Crippen LogP contribution in [-0.4, -0.2) is 28.3 Å². The van der Waals surface area contributed by atoms with Gasteiger partial charge in [0.05, 0.1) is 29.8 Å². The van der Waals surface area contributed by atoms with Gasteiger partial charge in [-0.2, -0.15) is 0 Å². The van der Waals surface area contributed by atoms with Gasteiger partial charge in [0.25, 0.3) is 5.56 Å². The summed E-state index contributed by atoms with van der Waals surface area (Å²) in [6, 6.07) is 13.6. The first kappa shape index (κ1) is 21.7. The summed E-state index contributed by atoms with van der Waals surface area (Å²) >= 11 is 14.5. The molecule has 2 heterocycles. The van der Waals surface area contributed by atoms with Crippen molar-refractivity contribution in [3.8, 4) is 11.4 Å². The van der Waals surface area contributed by atoms with Crippen LogP contribution in [0, 0.1) is 0 Å². The molecule has 2 aromatic carbocycles. The van der Waals surface area contributed by atoms with Crippen molar-refractivity contribution >= 4 is 68.1 Å². The zero-order valence-electron chi connectivity index (χ0n) is 16.1. The number of anilines is 1. The second kappa shape index (κ2) is 9.32. The molecule has 0 saturated carbocycles. The molecule has 0 saturated heterocycles. The van der Waals surface area contributed by atoms with Crippen LogP contribution in [0.2, 0.25) is 10.0 Å². The molecule has 10 heteroatoms. The number of hydrogen-bond acceptors (Lipinski definition) is 6. The summed E-state index contributed by atoms with van der Waals surface area (Å²) in [7, 11) is 1.51. The van der Waals surface area contributed by atoms with E-state index in [2.05, 4.69) is 10.3 Å². The number of methoxy groups -OCH3 is 1. The third-order valence-electron chi connectivity index (χ3n) is 4.30. The largest absolute Gasteiger partial charge is 0.495 e. The van der Waals surface area contributed by atoms with Crippen LogP contribution in [0.4, 0.5) is 5.69 Å². The molecular weight excluding hydrogens is 477 g/mol. The van der Waals surface area contributed by atoms with Crippen molar-refractivity contribution in [2.45, 2.75) is 5.16 Å². The SMILES string of the molecule is COc1ccc(Cl)cc1NC(=O)CSc1nc2ccsc2c(=O)n1-c1ccc(Cl)cc1. The Morgan fingerprint density at radius 1 is 1.16 bits per heavy atom. The number of carbonyl (C=O) groups excluding carboxylic acids is 1. The van der Waals surface area contributed by atoms with E-state index in [0.29, 0.717) is 42.5 Å². The van der Waals surface area contributed by atoms with E-state index in [1.54, 1.807) is 48.5 Å². The molecule has 0 bridgehead atoms. The van der Waals surface area contributed by atoms with Gasteiger partial charge in [0.2, 0.25) is 5.91 Å². The smallest absolute Gasteiger partial charge is 0.276 e. The highest BCUT2D eigenvalue weighted by Crippen LogP contribution is 2.29. The number of nitrogens with one attached hydrogen (secondary N) is 1. The molecule has 1 N–H and O–H groups in total. The van der Waals surface area contributed by atoms with E-state index in [-0.39, 0.29) is 17.2 Å². The molecule has 6 nitrogen and oxygen atoms in total. The molecule has 0 aliphatic rings. The maximum atomic E-state index is 13.1. The first-order chi connectivity index (χ1) is 15.0. The zero-order chi connectivity index (χ0) is 22.0. The Morgan fingerprint density at radius 3 is 2.65 bits per heavy atom. The molecule has 0 aliphatic carbocycles. The monoisotopic (exact) mass is 491 g/mol. The van der Waals surface area contributed by atoms with Gasteiger partial charge in [-0.1, -0.05) is 35.0 Å².